The molecule has 0 saturated heterocycles. The van der Waals surface area contributed by atoms with E-state index >= 15 is 0 Å². The van der Waals surface area contributed by atoms with E-state index in [1.54, 1.807) is 13.0 Å². The van der Waals surface area contributed by atoms with Gasteiger partial charge in [-0.05, 0) is 40.2 Å². The predicted octanol–water partition coefficient (Wildman–Crippen LogP) is 2.39. The lowest BCUT2D eigenvalue weighted by molar-refractivity contribution is 0.0910. The molecule has 1 aromatic heterocycles. The molecule has 0 spiro atoms. The molecule has 0 unspecified atom stereocenters. The van der Waals surface area contributed by atoms with E-state index in [0.717, 1.165) is 17.4 Å². The average molecular weight is 300 g/mol. The third-order valence-electron chi connectivity index (χ3n) is 2.52. The van der Waals surface area contributed by atoms with Crippen molar-refractivity contribution >= 4 is 21.8 Å². The summed E-state index contributed by atoms with van der Waals surface area (Å²) in [5, 5.41) is 11.7. The van der Waals surface area contributed by atoms with E-state index < -0.39 is 0 Å². The molecule has 4 nitrogen and oxygen atoms in total. The number of halogens is 1. The van der Waals surface area contributed by atoms with Crippen molar-refractivity contribution in [3.8, 4) is 0 Å². The van der Waals surface area contributed by atoms with Gasteiger partial charge in [0.05, 0.1) is 17.0 Å². The normalized spacial score (nSPS) is 11.4. The number of amides is 1. The molecule has 94 valence electrons. The summed E-state index contributed by atoms with van der Waals surface area (Å²) < 4.78 is 0. The second-order valence-corrected chi connectivity index (χ2v) is 5.55. The van der Waals surface area contributed by atoms with Crippen LogP contribution in [-0.4, -0.2) is 27.0 Å². The summed E-state index contributed by atoms with van der Waals surface area (Å²) in [6.07, 6.45) is 0.870. The predicted molar refractivity (Wildman–Crippen MR) is 71.5 cm³/mol. The van der Waals surface area contributed by atoms with Gasteiger partial charge >= 0.3 is 0 Å². The fraction of sp³-hybridized carbons (Fsp3) is 0.583. The quantitative estimate of drug-likeness (QED) is 0.869. The third-order valence-corrected chi connectivity index (χ3v) is 2.91. The van der Waals surface area contributed by atoms with Crippen LogP contribution >= 0.6 is 15.9 Å². The van der Waals surface area contributed by atoms with Gasteiger partial charge in [0, 0.05) is 10.9 Å². The van der Waals surface area contributed by atoms with E-state index in [1.165, 1.54) is 0 Å². The number of alkyl halides is 1. The summed E-state index contributed by atoms with van der Waals surface area (Å²) in [5.41, 5.74) is 1.77. The molecule has 1 amide bonds. The van der Waals surface area contributed by atoms with Crippen LogP contribution in [0.1, 0.15) is 42.0 Å². The number of nitrogens with one attached hydrogen (secondary N) is 1. The van der Waals surface area contributed by atoms with Gasteiger partial charge in [-0.2, -0.15) is 10.2 Å². The van der Waals surface area contributed by atoms with Crippen molar-refractivity contribution in [1.82, 2.24) is 15.5 Å². The first-order chi connectivity index (χ1) is 7.85. The number of aromatic nitrogens is 2. The summed E-state index contributed by atoms with van der Waals surface area (Å²) in [4.78, 5) is 12.1. The van der Waals surface area contributed by atoms with Gasteiger partial charge in [0.25, 0.3) is 5.91 Å². The molecule has 1 N–H and O–H groups in total. The van der Waals surface area contributed by atoms with Crippen molar-refractivity contribution in [2.24, 2.45) is 0 Å². The van der Waals surface area contributed by atoms with Gasteiger partial charge in [-0.1, -0.05) is 15.9 Å². The highest BCUT2D eigenvalue weighted by atomic mass is 79.9. The van der Waals surface area contributed by atoms with Crippen LogP contribution in [0.3, 0.4) is 0 Å². The number of hydrogen-bond acceptors (Lipinski definition) is 3. The largest absolute Gasteiger partial charge is 0.347 e. The Morgan fingerprint density at radius 2 is 2.06 bits per heavy atom. The highest BCUT2D eigenvalue weighted by molar-refractivity contribution is 9.09. The van der Waals surface area contributed by atoms with Crippen molar-refractivity contribution in [3.05, 3.63) is 23.0 Å². The molecule has 0 fully saturated rings. The van der Waals surface area contributed by atoms with E-state index in [-0.39, 0.29) is 11.4 Å². The van der Waals surface area contributed by atoms with Gasteiger partial charge in [0.1, 0.15) is 0 Å². The molecule has 17 heavy (non-hydrogen) atoms. The van der Waals surface area contributed by atoms with E-state index in [4.69, 9.17) is 0 Å². The fourth-order valence-electron chi connectivity index (χ4n) is 1.45. The first-order valence-corrected chi connectivity index (χ1v) is 6.67. The van der Waals surface area contributed by atoms with Gasteiger partial charge in [-0.3, -0.25) is 4.79 Å². The minimum Gasteiger partial charge on any atom is -0.347 e. The van der Waals surface area contributed by atoms with Crippen LogP contribution in [-0.2, 0) is 0 Å². The summed E-state index contributed by atoms with van der Waals surface area (Å²) in [6.45, 7) is 7.62. The molecule has 0 bridgehead atoms. The Balaban J connectivity index is 2.86. The van der Waals surface area contributed by atoms with Gasteiger partial charge in [0.15, 0.2) is 0 Å². The summed E-state index contributed by atoms with van der Waals surface area (Å²) in [5.74, 6) is -0.0912. The van der Waals surface area contributed by atoms with Crippen LogP contribution in [0.15, 0.2) is 6.07 Å². The topological polar surface area (TPSA) is 54.9 Å². The minimum absolute atomic E-state index is 0.0912. The molecule has 0 radical (unpaired) electrons. The Bertz CT molecular complexity index is 418. The Hall–Kier alpha value is -0.970. The van der Waals surface area contributed by atoms with Crippen LogP contribution in [0, 0.1) is 13.8 Å². The van der Waals surface area contributed by atoms with Crippen molar-refractivity contribution in [1.29, 1.82) is 0 Å². The monoisotopic (exact) mass is 299 g/mol. The maximum Gasteiger partial charge on any atom is 0.253 e. The minimum atomic E-state index is -0.232. The number of carbonyl (C=O) groups is 1. The Morgan fingerprint density at radius 1 is 1.41 bits per heavy atom. The number of aryl methyl sites for hydroxylation is 2. The molecule has 0 aromatic carbocycles. The Labute approximate surface area is 110 Å². The van der Waals surface area contributed by atoms with Crippen LogP contribution in [0.25, 0.3) is 0 Å². The molecule has 0 aliphatic rings. The summed E-state index contributed by atoms with van der Waals surface area (Å²) in [6, 6.07) is 1.77. The Kier molecular flexibility index (Phi) is 4.62. The molecule has 1 rings (SSSR count). The van der Waals surface area contributed by atoms with Crippen LogP contribution in [0.4, 0.5) is 0 Å². The maximum atomic E-state index is 12.1. The maximum absolute atomic E-state index is 12.1. The summed E-state index contributed by atoms with van der Waals surface area (Å²) in [7, 11) is 0. The second-order valence-electron chi connectivity index (χ2n) is 4.76. The van der Waals surface area contributed by atoms with E-state index in [2.05, 4.69) is 31.4 Å². The zero-order valence-corrected chi connectivity index (χ0v) is 12.3. The molecule has 0 aliphatic carbocycles. The van der Waals surface area contributed by atoms with Crippen molar-refractivity contribution in [3.63, 3.8) is 0 Å². The highest BCUT2D eigenvalue weighted by Crippen LogP contribution is 2.13. The van der Waals surface area contributed by atoms with Crippen LogP contribution in [0.2, 0.25) is 0 Å². The van der Waals surface area contributed by atoms with E-state index in [1.807, 2.05) is 20.8 Å². The Morgan fingerprint density at radius 3 is 2.65 bits per heavy atom. The zero-order valence-electron chi connectivity index (χ0n) is 10.7. The number of hydrogen-bond donors (Lipinski definition) is 1. The lowest BCUT2D eigenvalue weighted by Gasteiger charge is -2.25. The van der Waals surface area contributed by atoms with E-state index in [0.29, 0.717) is 11.3 Å². The van der Waals surface area contributed by atoms with E-state index in [9.17, 15) is 4.79 Å². The van der Waals surface area contributed by atoms with Crippen molar-refractivity contribution < 1.29 is 4.79 Å². The van der Waals surface area contributed by atoms with Gasteiger partial charge in [-0.25, -0.2) is 0 Å². The molecule has 0 saturated carbocycles. The number of nitrogens with zero attached hydrogens (tertiary/aromatic N) is 2. The van der Waals surface area contributed by atoms with Crippen molar-refractivity contribution in [2.75, 3.05) is 5.33 Å². The molecular weight excluding hydrogens is 282 g/mol. The molecule has 1 aromatic rings. The van der Waals surface area contributed by atoms with Gasteiger partial charge < -0.3 is 5.32 Å². The molecule has 0 atom stereocenters. The lowest BCUT2D eigenvalue weighted by atomic mass is 10.0. The van der Waals surface area contributed by atoms with Gasteiger partial charge in [0.2, 0.25) is 0 Å². The number of carbonyl (C=O) groups excluding carboxylic acids is 1. The average Bonchev–Trinajstić information content (AvgIpc) is 2.20. The second kappa shape index (κ2) is 5.58. The van der Waals surface area contributed by atoms with Crippen molar-refractivity contribution in [2.45, 2.75) is 39.7 Å². The van der Waals surface area contributed by atoms with Gasteiger partial charge in [-0.15, -0.1) is 0 Å². The summed E-state index contributed by atoms with van der Waals surface area (Å²) >= 11 is 3.38. The fourth-order valence-corrected chi connectivity index (χ4v) is 2.44. The smallest absolute Gasteiger partial charge is 0.253 e. The molecule has 0 aliphatic heterocycles. The van der Waals surface area contributed by atoms with Crippen LogP contribution in [0.5, 0.6) is 0 Å². The standard InChI is InChI=1S/C12H18BrN3O/c1-8-7-10(9(2)16-15-8)11(17)14-12(3,4)5-6-13/h7H,5-6H2,1-4H3,(H,14,17). The molecule has 5 heteroatoms. The first kappa shape index (κ1) is 14.1. The zero-order chi connectivity index (χ0) is 13.1. The third kappa shape index (κ3) is 4.07. The highest BCUT2D eigenvalue weighted by Gasteiger charge is 2.21. The lowest BCUT2D eigenvalue weighted by Crippen LogP contribution is -2.44. The number of rotatable bonds is 4. The first-order valence-electron chi connectivity index (χ1n) is 5.55. The van der Waals surface area contributed by atoms with Crippen LogP contribution < -0.4 is 5.32 Å². The molecular formula is C12H18BrN3O. The molecule has 1 heterocycles. The SMILES string of the molecule is Cc1cc(C(=O)NC(C)(C)CCBr)c(C)nn1.